The van der Waals surface area contributed by atoms with Gasteiger partial charge in [-0.3, -0.25) is 9.20 Å². The zero-order chi connectivity index (χ0) is 26.0. The lowest BCUT2D eigenvalue weighted by atomic mass is 9.83. The summed E-state index contributed by atoms with van der Waals surface area (Å²) in [5.41, 5.74) is 0.222. The first kappa shape index (κ1) is 24.5. The van der Waals surface area contributed by atoms with Crippen LogP contribution in [0.4, 0.5) is 14.9 Å². The van der Waals surface area contributed by atoms with E-state index in [0.29, 0.717) is 49.4 Å². The number of pyridine rings is 2. The van der Waals surface area contributed by atoms with Gasteiger partial charge in [-0.25, -0.2) is 14.0 Å². The lowest BCUT2D eigenvalue weighted by Crippen LogP contribution is -2.44. The Hall–Kier alpha value is -3.14. The fourth-order valence-corrected chi connectivity index (χ4v) is 5.69. The Morgan fingerprint density at radius 1 is 1.33 bits per heavy atom. The van der Waals surface area contributed by atoms with Gasteiger partial charge in [-0.05, 0) is 70.1 Å². The van der Waals surface area contributed by atoms with E-state index in [0.717, 1.165) is 29.0 Å². The highest BCUT2D eigenvalue weighted by atomic mass is 19.1. The van der Waals surface area contributed by atoms with Gasteiger partial charge in [0.1, 0.15) is 11.2 Å². The number of aryl methyl sites for hydroxylation is 1. The van der Waals surface area contributed by atoms with Crippen molar-refractivity contribution in [3.63, 3.8) is 0 Å². The number of hydrogen-bond acceptors (Lipinski definition) is 6. The number of carboxylic acid groups (broad SMARTS) is 1. The van der Waals surface area contributed by atoms with E-state index in [1.807, 2.05) is 4.90 Å². The van der Waals surface area contributed by atoms with Crippen molar-refractivity contribution in [1.82, 2.24) is 9.72 Å². The fraction of sp³-hybridized carbons (Fsp3) is 0.577. The number of nitrogens with one attached hydrogen (secondary N) is 1. The van der Waals surface area contributed by atoms with E-state index in [1.165, 1.54) is 6.07 Å². The molecule has 36 heavy (non-hydrogen) atoms. The van der Waals surface area contributed by atoms with Gasteiger partial charge in [-0.15, -0.1) is 0 Å². The number of anilines is 1. The number of aromatic nitrogens is 1. The number of carbonyl (C=O) groups is 2. The summed E-state index contributed by atoms with van der Waals surface area (Å²) >= 11 is 0. The molecule has 1 aliphatic carbocycles. The summed E-state index contributed by atoms with van der Waals surface area (Å²) in [6.45, 7) is 9.00. The molecule has 0 aromatic carbocycles. The molecule has 1 saturated carbocycles. The molecule has 10 heteroatoms. The van der Waals surface area contributed by atoms with Crippen molar-refractivity contribution >= 4 is 23.3 Å². The fourth-order valence-electron chi connectivity index (χ4n) is 5.69. The first-order valence-corrected chi connectivity index (χ1v) is 12.4. The quantitative estimate of drug-likeness (QED) is 0.646. The second-order valence-electron chi connectivity index (χ2n) is 11.3. The third-order valence-corrected chi connectivity index (χ3v) is 7.48. The van der Waals surface area contributed by atoms with Crippen LogP contribution in [0.15, 0.2) is 17.1 Å². The highest BCUT2D eigenvalue weighted by molar-refractivity contribution is 5.89. The predicted octanol–water partition coefficient (Wildman–Crippen LogP) is 3.44. The Labute approximate surface area is 208 Å². The van der Waals surface area contributed by atoms with E-state index in [1.54, 1.807) is 27.7 Å². The molecule has 0 spiro atoms. The minimum absolute atomic E-state index is 0.154. The van der Waals surface area contributed by atoms with Crippen molar-refractivity contribution in [2.24, 2.45) is 5.41 Å². The van der Waals surface area contributed by atoms with Crippen LogP contribution in [0.25, 0.3) is 5.52 Å². The Morgan fingerprint density at radius 3 is 2.69 bits per heavy atom. The van der Waals surface area contributed by atoms with Gasteiger partial charge in [-0.2, -0.15) is 0 Å². The minimum Gasteiger partial charge on any atom is -0.477 e. The second-order valence-corrected chi connectivity index (χ2v) is 11.3. The number of carbonyl (C=O) groups excluding carboxylic acids is 1. The molecule has 2 aromatic heterocycles. The number of alkyl carbamates (subject to hydrolysis) is 1. The Bertz CT molecular complexity index is 1310. The first-order valence-electron chi connectivity index (χ1n) is 12.4. The van der Waals surface area contributed by atoms with Gasteiger partial charge in [0.05, 0.1) is 23.5 Å². The van der Waals surface area contributed by atoms with Crippen LogP contribution in [0, 0.1) is 18.2 Å². The van der Waals surface area contributed by atoms with Crippen molar-refractivity contribution in [3.8, 4) is 0 Å². The molecule has 0 bridgehead atoms. The molecule has 5 rings (SSSR count). The van der Waals surface area contributed by atoms with E-state index in [-0.39, 0.29) is 17.6 Å². The molecular formula is C26H32FN3O6. The molecule has 2 N–H and O–H groups in total. The van der Waals surface area contributed by atoms with Crippen LogP contribution in [0.2, 0.25) is 0 Å². The monoisotopic (exact) mass is 501 g/mol. The zero-order valence-electron chi connectivity index (χ0n) is 21.0. The maximum absolute atomic E-state index is 15.6. The summed E-state index contributed by atoms with van der Waals surface area (Å²) in [4.78, 5) is 38.8. The molecule has 2 atom stereocenters. The summed E-state index contributed by atoms with van der Waals surface area (Å²) < 4.78 is 28.1. The summed E-state index contributed by atoms with van der Waals surface area (Å²) in [6.07, 6.45) is 2.93. The molecule has 3 fully saturated rings. The summed E-state index contributed by atoms with van der Waals surface area (Å²) in [6, 6.07) is 1.46. The molecule has 3 aliphatic rings. The van der Waals surface area contributed by atoms with Gasteiger partial charge in [0.15, 0.2) is 5.82 Å². The Kier molecular flexibility index (Phi) is 5.77. The van der Waals surface area contributed by atoms with Gasteiger partial charge in [0, 0.05) is 31.7 Å². The molecule has 2 aliphatic heterocycles. The van der Waals surface area contributed by atoms with E-state index in [9.17, 15) is 19.5 Å². The molecule has 0 radical (unpaired) electrons. The Balaban J connectivity index is 1.50. The number of rotatable bonds is 5. The number of fused-ring (bicyclic) bond motifs is 2. The normalized spacial score (nSPS) is 23.7. The van der Waals surface area contributed by atoms with Crippen molar-refractivity contribution in [2.75, 3.05) is 31.1 Å². The van der Waals surface area contributed by atoms with E-state index in [4.69, 9.17) is 9.47 Å². The molecule has 2 aromatic rings. The van der Waals surface area contributed by atoms with Gasteiger partial charge >= 0.3 is 12.1 Å². The minimum atomic E-state index is -1.32. The van der Waals surface area contributed by atoms with Crippen LogP contribution in [0.1, 0.15) is 67.4 Å². The highest BCUT2D eigenvalue weighted by Crippen LogP contribution is 2.46. The van der Waals surface area contributed by atoms with Crippen LogP contribution in [-0.4, -0.2) is 59.5 Å². The molecule has 194 valence electrons. The number of aromatic carboxylic acids is 1. The molecule has 1 amide bonds. The van der Waals surface area contributed by atoms with E-state index in [2.05, 4.69) is 5.32 Å². The lowest BCUT2D eigenvalue weighted by molar-refractivity contribution is 0.0463. The molecule has 2 saturated heterocycles. The standard InChI is InChI=1S/C26H32FN3O6/c1-14-20-16(15-5-6-15)9-17(23(32)33)22(31)30(20)10-18(27)21(14)29-11-19-26(13-29,7-8-35-19)12-28-24(34)36-25(2,3)4/h9-10,15,19H,5-8,11-13H2,1-4H3,(H,28,34)(H,32,33)/t19-,26-/m0/s1. The zero-order valence-corrected chi connectivity index (χ0v) is 21.0. The van der Waals surface area contributed by atoms with Gasteiger partial charge in [-0.1, -0.05) is 0 Å². The van der Waals surface area contributed by atoms with Gasteiger partial charge in [0.2, 0.25) is 0 Å². The smallest absolute Gasteiger partial charge is 0.407 e. The number of nitrogens with zero attached hydrogens (tertiary/aromatic N) is 2. The third kappa shape index (κ3) is 4.21. The van der Waals surface area contributed by atoms with Gasteiger partial charge < -0.3 is 24.8 Å². The maximum atomic E-state index is 15.6. The van der Waals surface area contributed by atoms with Crippen molar-refractivity contribution in [2.45, 2.75) is 64.6 Å². The van der Waals surface area contributed by atoms with Gasteiger partial charge in [0.25, 0.3) is 5.56 Å². The average Bonchev–Trinajstić information content (AvgIpc) is 3.44. The van der Waals surface area contributed by atoms with Crippen LogP contribution in [0.5, 0.6) is 0 Å². The maximum Gasteiger partial charge on any atom is 0.407 e. The van der Waals surface area contributed by atoms with Crippen molar-refractivity contribution < 1.29 is 28.6 Å². The highest BCUT2D eigenvalue weighted by Gasteiger charge is 2.52. The number of ether oxygens (including phenoxy) is 2. The second kappa shape index (κ2) is 8.47. The summed E-state index contributed by atoms with van der Waals surface area (Å²) in [5.74, 6) is -1.76. The number of amides is 1. The number of halogens is 1. The largest absolute Gasteiger partial charge is 0.477 e. The number of carboxylic acids is 1. The van der Waals surface area contributed by atoms with Crippen molar-refractivity contribution in [3.05, 3.63) is 45.1 Å². The van der Waals surface area contributed by atoms with E-state index < -0.39 is 34.5 Å². The molecule has 0 unspecified atom stereocenters. The molecule has 4 heterocycles. The SMILES string of the molecule is Cc1c(N2C[C@@H]3OCC[C@]3(CNC(=O)OC(C)(C)C)C2)c(F)cn2c(=O)c(C(=O)O)cc(C3CC3)c12. The first-order chi connectivity index (χ1) is 16.9. The van der Waals surface area contributed by atoms with Crippen LogP contribution in [0.3, 0.4) is 0 Å². The van der Waals surface area contributed by atoms with Crippen LogP contribution < -0.4 is 15.8 Å². The number of hydrogen-bond donors (Lipinski definition) is 2. The van der Waals surface area contributed by atoms with Crippen molar-refractivity contribution in [1.29, 1.82) is 0 Å². The summed E-state index contributed by atoms with van der Waals surface area (Å²) in [5, 5.41) is 12.4. The molecule has 9 nitrogen and oxygen atoms in total. The summed E-state index contributed by atoms with van der Waals surface area (Å²) in [7, 11) is 0. The lowest BCUT2D eigenvalue weighted by Gasteiger charge is -2.29. The molecular weight excluding hydrogens is 469 g/mol. The average molecular weight is 502 g/mol. The van der Waals surface area contributed by atoms with Crippen LogP contribution >= 0.6 is 0 Å². The topological polar surface area (TPSA) is 110 Å². The van der Waals surface area contributed by atoms with E-state index >= 15 is 4.39 Å². The Morgan fingerprint density at radius 2 is 2.06 bits per heavy atom. The van der Waals surface area contributed by atoms with Crippen LogP contribution in [-0.2, 0) is 9.47 Å². The predicted molar refractivity (Wildman–Crippen MR) is 131 cm³/mol. The third-order valence-electron chi connectivity index (χ3n) is 7.48.